The molecule has 10 nitrogen and oxygen atoms in total. The quantitative estimate of drug-likeness (QED) is 0.165. The first-order valence-corrected chi connectivity index (χ1v) is 7.65. The number of nitro groups is 1. The van der Waals surface area contributed by atoms with Gasteiger partial charge in [0.2, 0.25) is 5.91 Å². The zero-order valence-electron chi connectivity index (χ0n) is 13.7. The molecule has 0 fully saturated rings. The van der Waals surface area contributed by atoms with Crippen LogP contribution in [0.4, 0.5) is 0 Å². The molecule has 0 unspecified atom stereocenters. The fourth-order valence-electron chi connectivity index (χ4n) is 2.33. The number of benzene rings is 1. The number of rotatable bonds is 10. The van der Waals surface area contributed by atoms with E-state index in [0.29, 0.717) is 19.4 Å². The number of hydrogen-bond acceptors (Lipinski definition) is 5. The summed E-state index contributed by atoms with van der Waals surface area (Å²) in [6, 6.07) is 6.12. The van der Waals surface area contributed by atoms with Gasteiger partial charge in [0.1, 0.15) is 17.4 Å². The van der Waals surface area contributed by atoms with Crippen LogP contribution in [0.25, 0.3) is 0 Å². The van der Waals surface area contributed by atoms with E-state index in [4.69, 9.17) is 17.2 Å². The van der Waals surface area contributed by atoms with Crippen LogP contribution in [0.1, 0.15) is 24.0 Å². The summed E-state index contributed by atoms with van der Waals surface area (Å²) < 4.78 is 0. The van der Waals surface area contributed by atoms with Crippen molar-refractivity contribution in [1.29, 1.82) is 0 Å². The summed E-state index contributed by atoms with van der Waals surface area (Å²) in [6.07, 6.45) is 1.87. The fourth-order valence-corrected chi connectivity index (χ4v) is 2.33. The Hall–Kier alpha value is -3.01. The molecule has 1 rings (SSSR count). The molecule has 0 aliphatic heterocycles. The number of primary amides is 1. The number of amides is 1. The fraction of sp³-hybridized carbons (Fsp3) is 0.400. The molecule has 25 heavy (non-hydrogen) atoms. The van der Waals surface area contributed by atoms with Gasteiger partial charge >= 0.3 is 0 Å². The Labute approximate surface area is 144 Å². The molecule has 0 radical (unpaired) electrons. The van der Waals surface area contributed by atoms with Crippen LogP contribution >= 0.6 is 0 Å². The van der Waals surface area contributed by atoms with Crippen molar-refractivity contribution in [3.8, 4) is 0 Å². The molecule has 1 aromatic carbocycles. The second-order valence-electron chi connectivity index (χ2n) is 5.36. The van der Waals surface area contributed by atoms with Crippen molar-refractivity contribution in [2.75, 3.05) is 6.54 Å². The molecule has 136 valence electrons. The zero-order chi connectivity index (χ0) is 18.8. The Balaban J connectivity index is 3.09. The van der Waals surface area contributed by atoms with Crippen molar-refractivity contribution in [3.05, 3.63) is 45.5 Å². The highest BCUT2D eigenvalue weighted by Gasteiger charge is 2.27. The summed E-state index contributed by atoms with van der Waals surface area (Å²) in [5, 5.41) is 12.8. The molecule has 0 aliphatic carbocycles. The number of hydrogen-bond donors (Lipinski definition) is 3. The monoisotopic (exact) mass is 350 g/mol. The number of aldehydes is 1. The van der Waals surface area contributed by atoms with Crippen LogP contribution in [-0.2, 0) is 22.6 Å². The molecule has 0 aliphatic rings. The molecule has 0 aromatic heterocycles. The highest BCUT2D eigenvalue weighted by Crippen LogP contribution is 2.14. The maximum Gasteiger partial charge on any atom is 0.269 e. The predicted octanol–water partition coefficient (Wildman–Crippen LogP) is -0.671. The number of nitrogens with zero attached hydrogens (tertiary/aromatic N) is 3. The zero-order valence-corrected chi connectivity index (χ0v) is 13.7. The third-order valence-electron chi connectivity index (χ3n) is 3.56. The third-order valence-corrected chi connectivity index (χ3v) is 3.56. The molecule has 0 spiro atoms. The van der Waals surface area contributed by atoms with Gasteiger partial charge in [0.25, 0.3) is 5.96 Å². The summed E-state index contributed by atoms with van der Waals surface area (Å²) in [6.45, 7) is 0.438. The maximum atomic E-state index is 11.8. The van der Waals surface area contributed by atoms with Crippen molar-refractivity contribution in [2.24, 2.45) is 22.3 Å². The number of carbonyl (C=O) groups is 2. The number of guanidine groups is 1. The molecule has 0 bridgehead atoms. The summed E-state index contributed by atoms with van der Waals surface area (Å²) in [5.74, 6) is -1.09. The van der Waals surface area contributed by atoms with Gasteiger partial charge < -0.3 is 26.9 Å². The highest BCUT2D eigenvalue weighted by molar-refractivity contribution is 5.87. The Morgan fingerprint density at radius 1 is 1.28 bits per heavy atom. The van der Waals surface area contributed by atoms with Gasteiger partial charge in [-0.2, -0.15) is 0 Å². The number of carbonyl (C=O) groups excluding carboxylic acids is 2. The van der Waals surface area contributed by atoms with Crippen LogP contribution in [-0.4, -0.2) is 40.7 Å². The van der Waals surface area contributed by atoms with Crippen LogP contribution in [0.5, 0.6) is 0 Å². The van der Waals surface area contributed by atoms with Crippen LogP contribution in [0.2, 0.25) is 0 Å². The summed E-state index contributed by atoms with van der Waals surface area (Å²) in [4.78, 5) is 34.2. The van der Waals surface area contributed by atoms with E-state index < -0.39 is 22.9 Å². The van der Waals surface area contributed by atoms with Crippen LogP contribution in [0, 0.1) is 10.1 Å². The van der Waals surface area contributed by atoms with E-state index in [1.807, 2.05) is 0 Å². The Morgan fingerprint density at radius 2 is 1.88 bits per heavy atom. The van der Waals surface area contributed by atoms with Gasteiger partial charge in [0, 0.05) is 13.0 Å². The van der Waals surface area contributed by atoms with Crippen molar-refractivity contribution >= 4 is 18.2 Å². The summed E-state index contributed by atoms with van der Waals surface area (Å²) in [7, 11) is 0. The van der Waals surface area contributed by atoms with Gasteiger partial charge in [-0.1, -0.05) is 24.3 Å². The highest BCUT2D eigenvalue weighted by atomic mass is 16.7. The first-order chi connectivity index (χ1) is 11.9. The number of hydrazone groups is 1. The third kappa shape index (κ3) is 6.55. The van der Waals surface area contributed by atoms with E-state index in [1.54, 1.807) is 24.3 Å². The average molecular weight is 350 g/mol. The minimum absolute atomic E-state index is 0.0999. The Morgan fingerprint density at radius 3 is 2.36 bits per heavy atom. The van der Waals surface area contributed by atoms with Crippen LogP contribution in [0.15, 0.2) is 29.4 Å². The molecule has 1 amide bonds. The van der Waals surface area contributed by atoms with Crippen LogP contribution in [0.3, 0.4) is 0 Å². The van der Waals surface area contributed by atoms with Gasteiger partial charge in [-0.3, -0.25) is 4.79 Å². The minimum atomic E-state index is -0.934. The van der Waals surface area contributed by atoms with E-state index in [1.165, 1.54) is 4.90 Å². The van der Waals surface area contributed by atoms with Gasteiger partial charge in [-0.15, -0.1) is 0 Å². The molecule has 10 heteroatoms. The Kier molecular flexibility index (Phi) is 8.00. The second-order valence-corrected chi connectivity index (χ2v) is 5.36. The largest absolute Gasteiger partial charge is 0.368 e. The molecule has 0 saturated carbocycles. The predicted molar refractivity (Wildman–Crippen MR) is 91.6 cm³/mol. The topological polar surface area (TPSA) is 171 Å². The summed E-state index contributed by atoms with van der Waals surface area (Å²) >= 11 is 0. The lowest BCUT2D eigenvalue weighted by Crippen LogP contribution is -2.50. The minimum Gasteiger partial charge on any atom is -0.368 e. The van der Waals surface area contributed by atoms with Gasteiger partial charge in [0.15, 0.2) is 5.03 Å². The molecule has 0 saturated heterocycles. The van der Waals surface area contributed by atoms with Gasteiger partial charge in [0.05, 0.1) is 0 Å². The molecular weight excluding hydrogens is 328 g/mol. The van der Waals surface area contributed by atoms with Gasteiger partial charge in [-0.05, 0) is 30.5 Å². The number of nitrogens with two attached hydrogens (primary N) is 3. The molecule has 1 atom stereocenters. The van der Waals surface area contributed by atoms with Crippen molar-refractivity contribution in [1.82, 2.24) is 4.90 Å². The van der Waals surface area contributed by atoms with E-state index in [0.717, 1.165) is 17.4 Å². The summed E-state index contributed by atoms with van der Waals surface area (Å²) in [5.41, 5.74) is 18.1. The van der Waals surface area contributed by atoms with Gasteiger partial charge in [-0.25, -0.2) is 10.1 Å². The van der Waals surface area contributed by atoms with Crippen molar-refractivity contribution in [2.45, 2.75) is 31.8 Å². The normalized spacial score (nSPS) is 12.4. The van der Waals surface area contributed by atoms with E-state index in [9.17, 15) is 19.7 Å². The molecule has 1 aromatic rings. The van der Waals surface area contributed by atoms with E-state index in [-0.39, 0.29) is 13.0 Å². The maximum absolute atomic E-state index is 11.8. The molecule has 6 N–H and O–H groups in total. The lowest BCUT2D eigenvalue weighted by Gasteiger charge is -2.29. The van der Waals surface area contributed by atoms with E-state index in [2.05, 4.69) is 5.10 Å². The second kappa shape index (κ2) is 9.98. The standard InChI is InChI=1S/C15H22N6O4/c16-8-1-2-13(14(17)23)20(15(18)19-21(24)25)10-12-5-3-11(4-6-12)7-9-22/h3-6,9,13H,1-2,7-8,10,16H2,(H2,17,23)(H2,18,19)/t13-/m1/s1. The SMILES string of the molecule is NCCC[C@H](C(N)=O)N(Cc1ccc(CC=O)cc1)C(N)=N[N+](=O)[O-]. The Bertz CT molecular complexity index is 631. The molecule has 0 heterocycles. The lowest BCUT2D eigenvalue weighted by molar-refractivity contribution is -0.485. The first-order valence-electron chi connectivity index (χ1n) is 7.65. The van der Waals surface area contributed by atoms with Crippen molar-refractivity contribution < 1.29 is 14.6 Å². The van der Waals surface area contributed by atoms with Crippen molar-refractivity contribution in [3.63, 3.8) is 0 Å². The van der Waals surface area contributed by atoms with Crippen LogP contribution < -0.4 is 17.2 Å². The smallest absolute Gasteiger partial charge is 0.269 e. The van der Waals surface area contributed by atoms with E-state index >= 15 is 0 Å². The lowest BCUT2D eigenvalue weighted by atomic mass is 10.1. The average Bonchev–Trinajstić information content (AvgIpc) is 2.55. The first kappa shape index (κ1) is 20.0. The molecular formula is C15H22N6O4.